The highest BCUT2D eigenvalue weighted by Crippen LogP contribution is 2.22. The van der Waals surface area contributed by atoms with Gasteiger partial charge in [-0.1, -0.05) is 29.8 Å². The Labute approximate surface area is 156 Å². The smallest absolute Gasteiger partial charge is 0.260 e. The molecule has 1 N–H and O–H groups in total. The van der Waals surface area contributed by atoms with Gasteiger partial charge in [0.15, 0.2) is 6.10 Å². The maximum absolute atomic E-state index is 13.5. The molecule has 2 rings (SSSR count). The molecule has 0 saturated heterocycles. The fraction of sp³-hybridized carbons (Fsp3) is 0.316. The average molecular weight is 382 g/mol. The Balaban J connectivity index is 1.69. The van der Waals surface area contributed by atoms with Crippen LogP contribution in [0.15, 0.2) is 42.5 Å². The van der Waals surface area contributed by atoms with E-state index in [2.05, 4.69) is 5.32 Å². The molecule has 0 saturated carbocycles. The molecule has 6 heteroatoms. The van der Waals surface area contributed by atoms with Crippen molar-refractivity contribution in [1.29, 1.82) is 0 Å². The van der Waals surface area contributed by atoms with Crippen LogP contribution in [0.25, 0.3) is 0 Å². The first-order valence-electron chi connectivity index (χ1n) is 7.99. The molecule has 1 amide bonds. The number of halogens is 2. The van der Waals surface area contributed by atoms with Crippen molar-refractivity contribution in [3.63, 3.8) is 0 Å². The van der Waals surface area contributed by atoms with Gasteiger partial charge in [-0.05, 0) is 49.2 Å². The van der Waals surface area contributed by atoms with Crippen molar-refractivity contribution in [1.82, 2.24) is 5.32 Å². The number of nitrogens with one attached hydrogen (secondary N) is 1. The zero-order chi connectivity index (χ0) is 18.2. The zero-order valence-electron chi connectivity index (χ0n) is 14.2. The SMILES string of the molecule is Cc1cc(O[C@H](C)C(=O)NCCSCc2ccccc2F)ccc1Cl. The van der Waals surface area contributed by atoms with Crippen LogP contribution in [-0.4, -0.2) is 24.3 Å². The molecule has 0 heterocycles. The molecule has 1 atom stereocenters. The Kier molecular flexibility index (Phi) is 7.59. The number of amides is 1. The average Bonchev–Trinajstić information content (AvgIpc) is 2.59. The second-order valence-electron chi connectivity index (χ2n) is 5.61. The first kappa shape index (κ1) is 19.6. The van der Waals surface area contributed by atoms with E-state index in [1.54, 1.807) is 49.0 Å². The summed E-state index contributed by atoms with van der Waals surface area (Å²) in [5.74, 6) is 1.52. The van der Waals surface area contributed by atoms with E-state index in [0.717, 1.165) is 5.56 Å². The number of hydrogen-bond donors (Lipinski definition) is 1. The van der Waals surface area contributed by atoms with Gasteiger partial charge < -0.3 is 10.1 Å². The number of carbonyl (C=O) groups excluding carboxylic acids is 1. The number of aryl methyl sites for hydroxylation is 1. The van der Waals surface area contributed by atoms with E-state index in [4.69, 9.17) is 16.3 Å². The Morgan fingerprint density at radius 2 is 2.08 bits per heavy atom. The van der Waals surface area contributed by atoms with Crippen molar-refractivity contribution in [2.45, 2.75) is 25.7 Å². The zero-order valence-corrected chi connectivity index (χ0v) is 15.8. The van der Waals surface area contributed by atoms with E-state index in [0.29, 0.717) is 34.4 Å². The van der Waals surface area contributed by atoms with Gasteiger partial charge in [-0.25, -0.2) is 4.39 Å². The number of benzene rings is 2. The summed E-state index contributed by atoms with van der Waals surface area (Å²) in [6, 6.07) is 12.0. The highest BCUT2D eigenvalue weighted by Gasteiger charge is 2.14. The molecule has 134 valence electrons. The van der Waals surface area contributed by atoms with Crippen LogP contribution >= 0.6 is 23.4 Å². The molecule has 3 nitrogen and oxygen atoms in total. The van der Waals surface area contributed by atoms with Gasteiger partial charge in [0.05, 0.1) is 0 Å². The summed E-state index contributed by atoms with van der Waals surface area (Å²) in [5.41, 5.74) is 1.57. The van der Waals surface area contributed by atoms with E-state index < -0.39 is 6.10 Å². The molecular weight excluding hydrogens is 361 g/mol. The maximum atomic E-state index is 13.5. The summed E-state index contributed by atoms with van der Waals surface area (Å²) in [7, 11) is 0. The standard InChI is InChI=1S/C19H21ClFNO2S/c1-13-11-16(7-8-17(13)20)24-14(2)19(23)22-9-10-25-12-15-5-3-4-6-18(15)21/h3-8,11,14H,9-10,12H2,1-2H3,(H,22,23)/t14-/m1/s1. The van der Waals surface area contributed by atoms with E-state index in [1.807, 2.05) is 13.0 Å². The second kappa shape index (κ2) is 9.68. The van der Waals surface area contributed by atoms with Crippen LogP contribution in [-0.2, 0) is 10.5 Å². The lowest BCUT2D eigenvalue weighted by atomic mass is 10.2. The summed E-state index contributed by atoms with van der Waals surface area (Å²) >= 11 is 7.54. The van der Waals surface area contributed by atoms with Crippen LogP contribution < -0.4 is 10.1 Å². The number of ether oxygens (including phenoxy) is 1. The summed E-state index contributed by atoms with van der Waals surface area (Å²) in [6.45, 7) is 4.09. The summed E-state index contributed by atoms with van der Waals surface area (Å²) in [4.78, 5) is 12.1. The van der Waals surface area contributed by atoms with Crippen LogP contribution in [0.1, 0.15) is 18.1 Å². The van der Waals surface area contributed by atoms with Crippen LogP contribution in [0, 0.1) is 12.7 Å². The van der Waals surface area contributed by atoms with E-state index in [-0.39, 0.29) is 11.7 Å². The number of hydrogen-bond acceptors (Lipinski definition) is 3. The number of rotatable bonds is 8. The summed E-state index contributed by atoms with van der Waals surface area (Å²) < 4.78 is 19.1. The van der Waals surface area contributed by atoms with E-state index in [9.17, 15) is 9.18 Å². The first-order valence-corrected chi connectivity index (χ1v) is 9.52. The van der Waals surface area contributed by atoms with Gasteiger partial charge in [0.25, 0.3) is 5.91 Å². The van der Waals surface area contributed by atoms with Gasteiger partial charge in [0.2, 0.25) is 0 Å². The number of carbonyl (C=O) groups is 1. The minimum Gasteiger partial charge on any atom is -0.481 e. The maximum Gasteiger partial charge on any atom is 0.260 e. The fourth-order valence-corrected chi connectivity index (χ4v) is 3.10. The molecule has 0 aliphatic rings. The lowest BCUT2D eigenvalue weighted by molar-refractivity contribution is -0.127. The van der Waals surface area contributed by atoms with Gasteiger partial charge in [-0.15, -0.1) is 0 Å². The molecule has 0 spiro atoms. The van der Waals surface area contributed by atoms with Crippen molar-refractivity contribution >= 4 is 29.3 Å². The van der Waals surface area contributed by atoms with Crippen LogP contribution in [0.2, 0.25) is 5.02 Å². The predicted octanol–water partition coefficient (Wildman–Crippen LogP) is 4.60. The Hall–Kier alpha value is -1.72. The monoisotopic (exact) mass is 381 g/mol. The van der Waals surface area contributed by atoms with E-state index in [1.165, 1.54) is 6.07 Å². The fourth-order valence-electron chi connectivity index (χ4n) is 2.14. The molecule has 0 bridgehead atoms. The molecule has 2 aromatic carbocycles. The van der Waals surface area contributed by atoms with Gasteiger partial charge >= 0.3 is 0 Å². The van der Waals surface area contributed by atoms with Crippen molar-refractivity contribution in [3.05, 3.63) is 64.4 Å². The van der Waals surface area contributed by atoms with Crippen LogP contribution in [0.5, 0.6) is 5.75 Å². The summed E-state index contributed by atoms with van der Waals surface area (Å²) in [5, 5.41) is 3.49. The molecule has 0 aliphatic carbocycles. The Morgan fingerprint density at radius 3 is 2.80 bits per heavy atom. The van der Waals surface area contributed by atoms with Gasteiger partial charge in [0.1, 0.15) is 11.6 Å². The molecule has 0 aromatic heterocycles. The lowest BCUT2D eigenvalue weighted by Crippen LogP contribution is -2.37. The van der Waals surface area contributed by atoms with Crippen LogP contribution in [0.4, 0.5) is 4.39 Å². The molecular formula is C19H21ClFNO2S. The highest BCUT2D eigenvalue weighted by molar-refractivity contribution is 7.98. The van der Waals surface area contributed by atoms with Crippen LogP contribution in [0.3, 0.4) is 0 Å². The minimum atomic E-state index is -0.600. The lowest BCUT2D eigenvalue weighted by Gasteiger charge is -2.15. The highest BCUT2D eigenvalue weighted by atomic mass is 35.5. The largest absolute Gasteiger partial charge is 0.481 e. The summed E-state index contributed by atoms with van der Waals surface area (Å²) in [6.07, 6.45) is -0.600. The molecule has 0 unspecified atom stereocenters. The minimum absolute atomic E-state index is 0.181. The van der Waals surface area contributed by atoms with Crippen molar-refractivity contribution < 1.29 is 13.9 Å². The predicted molar refractivity (Wildman–Crippen MR) is 102 cm³/mol. The van der Waals surface area contributed by atoms with Gasteiger partial charge in [-0.3, -0.25) is 4.79 Å². The van der Waals surface area contributed by atoms with Crippen molar-refractivity contribution in [2.24, 2.45) is 0 Å². The number of thioether (sulfide) groups is 1. The Morgan fingerprint density at radius 1 is 1.32 bits per heavy atom. The topological polar surface area (TPSA) is 38.3 Å². The third kappa shape index (κ3) is 6.25. The molecule has 2 aromatic rings. The van der Waals surface area contributed by atoms with Crippen molar-refractivity contribution in [2.75, 3.05) is 12.3 Å². The molecule has 0 radical (unpaired) electrons. The van der Waals surface area contributed by atoms with E-state index >= 15 is 0 Å². The normalized spacial score (nSPS) is 11.8. The third-order valence-electron chi connectivity index (χ3n) is 3.57. The second-order valence-corrected chi connectivity index (χ2v) is 7.12. The quantitative estimate of drug-likeness (QED) is 0.679. The molecule has 0 fully saturated rings. The third-order valence-corrected chi connectivity index (χ3v) is 5.00. The van der Waals surface area contributed by atoms with Gasteiger partial charge in [-0.2, -0.15) is 11.8 Å². The first-order chi connectivity index (χ1) is 12.0. The molecule has 25 heavy (non-hydrogen) atoms. The molecule has 0 aliphatic heterocycles. The Bertz CT molecular complexity index is 726. The van der Waals surface area contributed by atoms with Crippen molar-refractivity contribution in [3.8, 4) is 5.75 Å². The van der Waals surface area contributed by atoms with Gasteiger partial charge in [0, 0.05) is 23.1 Å².